The van der Waals surface area contributed by atoms with E-state index < -0.39 is 85.5 Å². The Labute approximate surface area is 207 Å². The van der Waals surface area contributed by atoms with E-state index >= 15 is 0 Å². The maximum Gasteiger partial charge on any atom is 0.187 e. The average molecular weight is 508 g/mol. The van der Waals surface area contributed by atoms with Gasteiger partial charge >= 0.3 is 0 Å². The third kappa shape index (κ3) is 6.40. The summed E-state index contributed by atoms with van der Waals surface area (Å²) in [7, 11) is 0. The molecule has 12 atom stereocenters. The summed E-state index contributed by atoms with van der Waals surface area (Å²) >= 11 is 0. The van der Waals surface area contributed by atoms with Crippen molar-refractivity contribution in [3.05, 3.63) is 0 Å². The Morgan fingerprint density at radius 3 is 1.89 bits per heavy atom. The number of hydrogen-bond acceptors (Lipinski definition) is 11. The Morgan fingerprint density at radius 1 is 0.829 bits per heavy atom. The summed E-state index contributed by atoms with van der Waals surface area (Å²) in [6.07, 6.45) is -9.25. The Morgan fingerprint density at radius 2 is 1.40 bits per heavy atom. The maximum absolute atomic E-state index is 10.9. The van der Waals surface area contributed by atoms with Gasteiger partial charge in [-0.05, 0) is 26.2 Å². The standard InChI is InChI=1S/C24H45NO10/c1-6-9-24(5,8-3)35-20-14(11-27)33-22(18(31)16(20)29)34-19-13(10-26)32-21(17(30)15(19)28)23(4,7-2)12-25/h12-22,25-31H,6-11H2,1-5H3/t13?,14?,15?,16?,17?,18?,19-,20-,21-,22+,23?,24?/m1/s1. The van der Waals surface area contributed by atoms with Gasteiger partial charge in [-0.15, -0.1) is 0 Å². The molecule has 206 valence electrons. The van der Waals surface area contributed by atoms with Crippen LogP contribution in [0.15, 0.2) is 0 Å². The molecule has 2 aliphatic heterocycles. The fourth-order valence-corrected chi connectivity index (χ4v) is 4.83. The molecule has 0 aliphatic carbocycles. The quantitative estimate of drug-likeness (QED) is 0.173. The van der Waals surface area contributed by atoms with Crippen LogP contribution >= 0.6 is 0 Å². The molecule has 7 N–H and O–H groups in total. The van der Waals surface area contributed by atoms with Gasteiger partial charge in [0.15, 0.2) is 6.29 Å². The van der Waals surface area contributed by atoms with E-state index in [0.29, 0.717) is 19.3 Å². The van der Waals surface area contributed by atoms with Crippen LogP contribution in [-0.4, -0.2) is 117 Å². The summed E-state index contributed by atoms with van der Waals surface area (Å²) in [5.74, 6) is 0. The van der Waals surface area contributed by atoms with Gasteiger partial charge in [0.25, 0.3) is 0 Å². The molecule has 0 bridgehead atoms. The van der Waals surface area contributed by atoms with Gasteiger partial charge in [0.2, 0.25) is 0 Å². The second kappa shape index (κ2) is 12.7. The zero-order valence-electron chi connectivity index (χ0n) is 21.4. The molecule has 8 unspecified atom stereocenters. The van der Waals surface area contributed by atoms with Crippen LogP contribution in [0.3, 0.4) is 0 Å². The van der Waals surface area contributed by atoms with E-state index in [1.807, 2.05) is 27.7 Å². The molecule has 2 heterocycles. The van der Waals surface area contributed by atoms with Gasteiger partial charge in [-0.2, -0.15) is 0 Å². The first kappa shape index (κ1) is 30.5. The number of aliphatic hydroxyl groups excluding tert-OH is 6. The minimum Gasteiger partial charge on any atom is -0.394 e. The van der Waals surface area contributed by atoms with Gasteiger partial charge in [-0.3, -0.25) is 0 Å². The Kier molecular flexibility index (Phi) is 11.0. The van der Waals surface area contributed by atoms with Crippen molar-refractivity contribution in [2.24, 2.45) is 5.41 Å². The molecule has 0 aromatic carbocycles. The number of hydrogen-bond donors (Lipinski definition) is 7. The summed E-state index contributed by atoms with van der Waals surface area (Å²) in [5.41, 5.74) is -1.49. The highest BCUT2D eigenvalue weighted by molar-refractivity contribution is 5.63. The topological polar surface area (TPSA) is 182 Å². The van der Waals surface area contributed by atoms with Gasteiger partial charge in [-0.1, -0.05) is 34.1 Å². The Balaban J connectivity index is 2.21. The molecule has 0 saturated carbocycles. The third-order valence-electron chi connectivity index (χ3n) is 7.67. The normalized spacial score (nSPS) is 41.7. The summed E-state index contributed by atoms with van der Waals surface area (Å²) in [5, 5.41) is 70.8. The summed E-state index contributed by atoms with van der Waals surface area (Å²) in [6, 6.07) is 0. The lowest BCUT2D eigenvalue weighted by Gasteiger charge is -2.50. The SMILES string of the molecule is CCCC(C)(CC)O[C@@H]1C(CO)O[C@@H](O[C@@H]2C(CO)O[C@@H](C(C)(C=N)CC)C(O)C2O)C(O)C1O. The van der Waals surface area contributed by atoms with Gasteiger partial charge in [0.1, 0.15) is 48.8 Å². The van der Waals surface area contributed by atoms with Crippen molar-refractivity contribution < 1.29 is 49.6 Å². The number of ether oxygens (including phenoxy) is 4. The van der Waals surface area contributed by atoms with Crippen LogP contribution in [0.5, 0.6) is 0 Å². The zero-order chi connectivity index (χ0) is 26.6. The van der Waals surface area contributed by atoms with E-state index in [-0.39, 0.29) is 0 Å². The second-order valence-electron chi connectivity index (χ2n) is 10.2. The van der Waals surface area contributed by atoms with Gasteiger partial charge < -0.3 is 55.0 Å². The number of nitrogens with one attached hydrogen (secondary N) is 1. The average Bonchev–Trinajstić information content (AvgIpc) is 2.86. The molecular formula is C24H45NO10. The fraction of sp³-hybridized carbons (Fsp3) is 0.958. The number of rotatable bonds is 12. The molecule has 2 rings (SSSR count). The first-order chi connectivity index (χ1) is 16.4. The Bertz CT molecular complexity index is 666. The molecule has 11 nitrogen and oxygen atoms in total. The second-order valence-corrected chi connectivity index (χ2v) is 10.2. The van der Waals surface area contributed by atoms with E-state index in [9.17, 15) is 30.6 Å². The highest BCUT2D eigenvalue weighted by atomic mass is 16.7. The molecule has 2 fully saturated rings. The highest BCUT2D eigenvalue weighted by Crippen LogP contribution is 2.37. The Hall–Kier alpha value is -0.730. The van der Waals surface area contributed by atoms with E-state index in [2.05, 4.69) is 0 Å². The van der Waals surface area contributed by atoms with Gasteiger partial charge in [0, 0.05) is 11.6 Å². The monoisotopic (exact) mass is 507 g/mol. The van der Waals surface area contributed by atoms with Crippen molar-refractivity contribution in [1.82, 2.24) is 0 Å². The molecule has 0 aromatic heterocycles. The van der Waals surface area contributed by atoms with Crippen molar-refractivity contribution in [2.75, 3.05) is 13.2 Å². The largest absolute Gasteiger partial charge is 0.394 e. The van der Waals surface area contributed by atoms with Crippen LogP contribution in [0, 0.1) is 10.8 Å². The van der Waals surface area contributed by atoms with Crippen molar-refractivity contribution in [2.45, 2.75) is 127 Å². The molecule has 2 aliphatic rings. The summed E-state index contributed by atoms with van der Waals surface area (Å²) in [6.45, 7) is 8.27. The molecule has 0 radical (unpaired) electrons. The minimum atomic E-state index is -1.60. The van der Waals surface area contributed by atoms with Crippen LogP contribution in [0.2, 0.25) is 0 Å². The third-order valence-corrected chi connectivity index (χ3v) is 7.67. The fourth-order valence-electron chi connectivity index (χ4n) is 4.83. The van der Waals surface area contributed by atoms with Crippen molar-refractivity contribution in [3.8, 4) is 0 Å². The molecule has 0 amide bonds. The predicted octanol–water partition coefficient (Wildman–Crippen LogP) is -0.288. The van der Waals surface area contributed by atoms with Gasteiger partial charge in [-0.25, -0.2) is 0 Å². The van der Waals surface area contributed by atoms with Crippen LogP contribution in [0.4, 0.5) is 0 Å². The van der Waals surface area contributed by atoms with E-state index in [4.69, 9.17) is 24.4 Å². The van der Waals surface area contributed by atoms with Crippen molar-refractivity contribution in [3.63, 3.8) is 0 Å². The van der Waals surface area contributed by atoms with Crippen LogP contribution < -0.4 is 0 Å². The lowest BCUT2D eigenvalue weighted by atomic mass is 9.76. The molecule has 35 heavy (non-hydrogen) atoms. The summed E-state index contributed by atoms with van der Waals surface area (Å²) < 4.78 is 23.5. The summed E-state index contributed by atoms with van der Waals surface area (Å²) in [4.78, 5) is 0. The highest BCUT2D eigenvalue weighted by Gasteiger charge is 2.54. The number of aliphatic hydroxyl groups is 6. The van der Waals surface area contributed by atoms with Crippen LogP contribution in [0.1, 0.15) is 60.3 Å². The zero-order valence-corrected chi connectivity index (χ0v) is 21.4. The first-order valence-corrected chi connectivity index (χ1v) is 12.6. The maximum atomic E-state index is 10.9. The van der Waals surface area contributed by atoms with Crippen molar-refractivity contribution >= 4 is 6.21 Å². The smallest absolute Gasteiger partial charge is 0.187 e. The molecule has 0 aromatic rings. The van der Waals surface area contributed by atoms with E-state index in [1.54, 1.807) is 6.92 Å². The van der Waals surface area contributed by atoms with Gasteiger partial charge in [0.05, 0.1) is 24.9 Å². The van der Waals surface area contributed by atoms with E-state index in [0.717, 1.165) is 12.6 Å². The van der Waals surface area contributed by atoms with Crippen LogP contribution in [0.25, 0.3) is 0 Å². The van der Waals surface area contributed by atoms with Crippen LogP contribution in [-0.2, 0) is 18.9 Å². The van der Waals surface area contributed by atoms with Crippen molar-refractivity contribution in [1.29, 1.82) is 5.41 Å². The lowest BCUT2D eigenvalue weighted by molar-refractivity contribution is -0.354. The molecule has 2 saturated heterocycles. The first-order valence-electron chi connectivity index (χ1n) is 12.6. The lowest BCUT2D eigenvalue weighted by Crippen LogP contribution is -2.66. The predicted molar refractivity (Wildman–Crippen MR) is 126 cm³/mol. The van der Waals surface area contributed by atoms with E-state index in [1.165, 1.54) is 0 Å². The molecular weight excluding hydrogens is 462 g/mol. The molecule has 0 spiro atoms. The molecule has 11 heteroatoms. The minimum absolute atomic E-state index is 0.444.